The first-order chi connectivity index (χ1) is 9.36. The molecule has 100 valence electrons. The van der Waals surface area contributed by atoms with Crippen molar-refractivity contribution in [1.82, 2.24) is 5.32 Å². The third-order valence-electron chi connectivity index (χ3n) is 4.44. The van der Waals surface area contributed by atoms with Crippen LogP contribution in [0, 0.1) is 17.8 Å². The van der Waals surface area contributed by atoms with Crippen LogP contribution < -0.4 is 5.32 Å². The molecule has 1 N–H and O–H groups in total. The molecule has 0 aromatic heterocycles. The quantitative estimate of drug-likeness (QED) is 0.825. The monoisotopic (exact) mass is 255 g/mol. The summed E-state index contributed by atoms with van der Waals surface area (Å²) >= 11 is 0. The van der Waals surface area contributed by atoms with Crippen molar-refractivity contribution in [3.63, 3.8) is 0 Å². The van der Waals surface area contributed by atoms with E-state index in [0.717, 1.165) is 12.8 Å². The van der Waals surface area contributed by atoms with Crippen molar-refractivity contribution in [3.8, 4) is 0 Å². The molecule has 0 aliphatic heterocycles. The predicted octanol–water partition coefficient (Wildman–Crippen LogP) is 3.30. The van der Waals surface area contributed by atoms with Gasteiger partial charge >= 0.3 is 0 Å². The maximum absolute atomic E-state index is 12.2. The minimum atomic E-state index is 0.265. The van der Waals surface area contributed by atoms with Crippen LogP contribution in [0.25, 0.3) is 0 Å². The van der Waals surface area contributed by atoms with E-state index in [9.17, 15) is 4.79 Å². The van der Waals surface area contributed by atoms with Crippen molar-refractivity contribution in [2.75, 3.05) is 0 Å². The standard InChI is InChI=1S/C17H21NO/c19-17(18-12-13-8-4-3-5-9-13)16-14-10-6-1-2-7-11-15(14)16/h1-5,8-9,14-16H,6-7,10-12H2,(H,18,19)/b2-1+/t14-,15-/m0/s1. The number of carbonyl (C=O) groups is 1. The van der Waals surface area contributed by atoms with Crippen LogP contribution in [0.2, 0.25) is 0 Å². The van der Waals surface area contributed by atoms with Gasteiger partial charge in [0.2, 0.25) is 5.91 Å². The van der Waals surface area contributed by atoms with Gasteiger partial charge in [-0.15, -0.1) is 0 Å². The number of nitrogens with one attached hydrogen (secondary N) is 1. The molecule has 0 spiro atoms. The van der Waals surface area contributed by atoms with Gasteiger partial charge in [0.25, 0.3) is 0 Å². The lowest BCUT2D eigenvalue weighted by molar-refractivity contribution is -0.123. The van der Waals surface area contributed by atoms with Gasteiger partial charge in [-0.2, -0.15) is 0 Å². The van der Waals surface area contributed by atoms with E-state index in [2.05, 4.69) is 29.6 Å². The largest absolute Gasteiger partial charge is 0.352 e. The fourth-order valence-electron chi connectivity index (χ4n) is 3.34. The number of fused-ring (bicyclic) bond motifs is 1. The van der Waals surface area contributed by atoms with Crippen molar-refractivity contribution in [3.05, 3.63) is 48.0 Å². The van der Waals surface area contributed by atoms with Crippen LogP contribution in [0.15, 0.2) is 42.5 Å². The minimum Gasteiger partial charge on any atom is -0.352 e. The Morgan fingerprint density at radius 1 is 1.05 bits per heavy atom. The number of allylic oxidation sites excluding steroid dienone is 2. The summed E-state index contributed by atoms with van der Waals surface area (Å²) in [6.45, 7) is 0.661. The highest BCUT2D eigenvalue weighted by Gasteiger charge is 2.52. The van der Waals surface area contributed by atoms with Gasteiger partial charge in [-0.05, 0) is 43.1 Å². The zero-order chi connectivity index (χ0) is 13.1. The van der Waals surface area contributed by atoms with E-state index in [0.29, 0.717) is 18.4 Å². The van der Waals surface area contributed by atoms with Crippen LogP contribution in [0.1, 0.15) is 31.2 Å². The average Bonchev–Trinajstić information content (AvgIpc) is 3.08. The number of hydrogen-bond donors (Lipinski definition) is 1. The molecule has 1 aromatic carbocycles. The third-order valence-corrected chi connectivity index (χ3v) is 4.44. The molecule has 2 aliphatic carbocycles. The molecule has 3 rings (SSSR count). The Labute approximate surface area is 114 Å². The second kappa shape index (κ2) is 5.60. The molecule has 1 aromatic rings. The summed E-state index contributed by atoms with van der Waals surface area (Å²) < 4.78 is 0. The Morgan fingerprint density at radius 2 is 1.68 bits per heavy atom. The Kier molecular flexibility index (Phi) is 3.67. The fraction of sp³-hybridized carbons (Fsp3) is 0.471. The molecule has 1 saturated carbocycles. The lowest BCUT2D eigenvalue weighted by Gasteiger charge is -2.04. The van der Waals surface area contributed by atoms with E-state index in [1.807, 2.05) is 18.2 Å². The van der Waals surface area contributed by atoms with E-state index in [1.165, 1.54) is 18.4 Å². The van der Waals surface area contributed by atoms with Crippen LogP contribution in [-0.2, 0) is 11.3 Å². The average molecular weight is 255 g/mol. The molecule has 0 radical (unpaired) electrons. The van der Waals surface area contributed by atoms with Gasteiger partial charge in [-0.1, -0.05) is 42.5 Å². The molecule has 1 amide bonds. The van der Waals surface area contributed by atoms with E-state index in [4.69, 9.17) is 0 Å². The maximum Gasteiger partial charge on any atom is 0.223 e. The van der Waals surface area contributed by atoms with Crippen LogP contribution in [0.4, 0.5) is 0 Å². The van der Waals surface area contributed by atoms with Gasteiger partial charge in [0, 0.05) is 12.5 Å². The fourth-order valence-corrected chi connectivity index (χ4v) is 3.34. The number of hydrogen-bond acceptors (Lipinski definition) is 1. The lowest BCUT2D eigenvalue weighted by Crippen LogP contribution is -2.25. The van der Waals surface area contributed by atoms with Gasteiger partial charge in [0.1, 0.15) is 0 Å². The summed E-state index contributed by atoms with van der Waals surface area (Å²) in [5.41, 5.74) is 1.18. The highest BCUT2D eigenvalue weighted by molar-refractivity contribution is 5.82. The van der Waals surface area contributed by atoms with Crippen molar-refractivity contribution in [2.45, 2.75) is 32.2 Å². The zero-order valence-electron chi connectivity index (χ0n) is 11.2. The van der Waals surface area contributed by atoms with Crippen LogP contribution in [0.5, 0.6) is 0 Å². The van der Waals surface area contributed by atoms with E-state index in [-0.39, 0.29) is 11.8 Å². The van der Waals surface area contributed by atoms with Crippen LogP contribution in [0.3, 0.4) is 0 Å². The molecular weight excluding hydrogens is 234 g/mol. The van der Waals surface area contributed by atoms with Gasteiger partial charge in [-0.3, -0.25) is 4.79 Å². The maximum atomic E-state index is 12.2. The number of rotatable bonds is 3. The third kappa shape index (κ3) is 2.89. The number of benzene rings is 1. The Morgan fingerprint density at radius 3 is 2.32 bits per heavy atom. The van der Waals surface area contributed by atoms with Gasteiger partial charge in [-0.25, -0.2) is 0 Å². The van der Waals surface area contributed by atoms with Crippen molar-refractivity contribution in [1.29, 1.82) is 0 Å². The normalized spacial score (nSPS) is 30.6. The molecule has 0 bridgehead atoms. The van der Waals surface area contributed by atoms with Crippen molar-refractivity contribution in [2.24, 2.45) is 17.8 Å². The topological polar surface area (TPSA) is 29.1 Å². The number of carbonyl (C=O) groups excluding carboxylic acids is 1. The summed E-state index contributed by atoms with van der Waals surface area (Å²) in [5, 5.41) is 3.10. The molecule has 19 heavy (non-hydrogen) atoms. The summed E-state index contributed by atoms with van der Waals surface area (Å²) in [4.78, 5) is 12.2. The molecule has 2 atom stereocenters. The van der Waals surface area contributed by atoms with Crippen LogP contribution in [-0.4, -0.2) is 5.91 Å². The molecule has 1 fully saturated rings. The molecule has 0 saturated heterocycles. The Bertz CT molecular complexity index is 449. The summed E-state index contributed by atoms with van der Waals surface area (Å²) in [7, 11) is 0. The molecule has 0 unspecified atom stereocenters. The minimum absolute atomic E-state index is 0.265. The van der Waals surface area contributed by atoms with Crippen molar-refractivity contribution < 1.29 is 4.79 Å². The molecular formula is C17H21NO. The molecule has 2 aliphatic rings. The Balaban J connectivity index is 1.52. The van der Waals surface area contributed by atoms with E-state index in [1.54, 1.807) is 0 Å². The SMILES string of the molecule is O=C(NCc1ccccc1)C1[C@H]2CC/C=C/CC[C@H]12. The Hall–Kier alpha value is -1.57. The summed E-state index contributed by atoms with van der Waals surface area (Å²) in [6.07, 6.45) is 9.20. The highest BCUT2D eigenvalue weighted by Crippen LogP contribution is 2.52. The highest BCUT2D eigenvalue weighted by atomic mass is 16.2. The summed E-state index contributed by atoms with van der Waals surface area (Å²) in [6, 6.07) is 10.1. The molecule has 2 heteroatoms. The van der Waals surface area contributed by atoms with Crippen LogP contribution >= 0.6 is 0 Å². The molecule has 0 heterocycles. The number of amides is 1. The summed E-state index contributed by atoms with van der Waals surface area (Å²) in [5.74, 6) is 1.82. The predicted molar refractivity (Wildman–Crippen MR) is 76.4 cm³/mol. The zero-order valence-corrected chi connectivity index (χ0v) is 11.2. The first-order valence-corrected chi connectivity index (χ1v) is 7.33. The van der Waals surface area contributed by atoms with Crippen molar-refractivity contribution >= 4 is 5.91 Å². The first-order valence-electron chi connectivity index (χ1n) is 7.33. The van der Waals surface area contributed by atoms with E-state index >= 15 is 0 Å². The van der Waals surface area contributed by atoms with E-state index < -0.39 is 0 Å². The lowest BCUT2D eigenvalue weighted by atomic mass is 10.1. The second-order valence-electron chi connectivity index (χ2n) is 5.68. The van der Waals surface area contributed by atoms with Gasteiger partial charge in [0.05, 0.1) is 0 Å². The smallest absolute Gasteiger partial charge is 0.223 e. The first kappa shape index (κ1) is 12.5. The molecule has 2 nitrogen and oxygen atoms in total. The second-order valence-corrected chi connectivity index (χ2v) is 5.68. The van der Waals surface area contributed by atoms with Gasteiger partial charge in [0.15, 0.2) is 0 Å². The van der Waals surface area contributed by atoms with Gasteiger partial charge < -0.3 is 5.32 Å².